The Morgan fingerprint density at radius 1 is 0.727 bits per heavy atom. The van der Waals surface area contributed by atoms with E-state index < -0.39 is 17.4 Å². The fourth-order valence-corrected chi connectivity index (χ4v) is 6.06. The summed E-state index contributed by atoms with van der Waals surface area (Å²) >= 11 is 0. The maximum Gasteiger partial charge on any atom is 4.00 e. The Morgan fingerprint density at radius 3 is 1.86 bits per heavy atom. The largest absolute Gasteiger partial charge is 4.00 e. The van der Waals surface area contributed by atoms with Gasteiger partial charge in [-0.1, -0.05) is 77.2 Å². The van der Waals surface area contributed by atoms with Crippen molar-refractivity contribution in [2.24, 2.45) is 5.41 Å². The Hall–Kier alpha value is -4.01. The molecule has 1 saturated heterocycles. The molecule has 0 unspecified atom stereocenters. The second-order valence-corrected chi connectivity index (χ2v) is 11.6. The summed E-state index contributed by atoms with van der Waals surface area (Å²) in [5, 5.41) is 25.0. The van der Waals surface area contributed by atoms with Gasteiger partial charge in [-0.3, -0.25) is 14.4 Å². The summed E-state index contributed by atoms with van der Waals surface area (Å²) in [5.74, 6) is -1.92. The van der Waals surface area contributed by atoms with E-state index in [1.807, 2.05) is 52.8 Å². The maximum atomic E-state index is 13.8. The quantitative estimate of drug-likeness (QED) is 0.355. The molecule has 1 atom stereocenters. The molecule has 0 aliphatic carbocycles. The number of hydrogen-bond donors (Lipinski definition) is 2. The Bertz CT molecular complexity index is 1850. The van der Waals surface area contributed by atoms with E-state index in [9.17, 15) is 24.6 Å². The number of nitrogens with zero attached hydrogens (tertiary/aromatic N) is 4. The van der Waals surface area contributed by atoms with E-state index in [0.717, 1.165) is 51.2 Å². The zero-order chi connectivity index (χ0) is 31.2. The van der Waals surface area contributed by atoms with Gasteiger partial charge >= 0.3 is 29.0 Å². The van der Waals surface area contributed by atoms with Gasteiger partial charge in [-0.15, -0.1) is 39.2 Å². The van der Waals surface area contributed by atoms with Crippen LogP contribution in [0.3, 0.4) is 0 Å². The van der Waals surface area contributed by atoms with Crippen molar-refractivity contribution < 1.29 is 41.7 Å². The van der Waals surface area contributed by atoms with Gasteiger partial charge < -0.3 is 30.5 Å². The first-order chi connectivity index (χ1) is 20.4. The summed E-state index contributed by atoms with van der Waals surface area (Å²) in [6.07, 6.45) is 9.05. The average molecular weight is 637 g/mol. The third-order valence-corrected chi connectivity index (χ3v) is 9.03. The molecule has 0 amide bonds. The molecule has 3 aromatic rings. The van der Waals surface area contributed by atoms with Crippen LogP contribution in [-0.4, -0.2) is 27.9 Å². The van der Waals surface area contributed by atoms with Gasteiger partial charge in [0.1, 0.15) is 5.78 Å². The van der Waals surface area contributed by atoms with E-state index in [-0.39, 0.29) is 48.5 Å². The molecule has 3 aromatic heterocycles. The molecule has 5 rings (SSSR count). The van der Waals surface area contributed by atoms with Gasteiger partial charge in [0.15, 0.2) is 0 Å². The summed E-state index contributed by atoms with van der Waals surface area (Å²) in [6.45, 7) is 11.8. The minimum Gasteiger partial charge on any atom is -0.658 e. The van der Waals surface area contributed by atoms with E-state index in [0.29, 0.717) is 39.9 Å². The predicted molar refractivity (Wildman–Crippen MR) is 164 cm³/mol. The molecule has 0 radical (unpaired) electrons. The molecular formula is C34H36FeN4O5. The molecular weight excluding hydrogens is 600 g/mol. The first-order valence-electron chi connectivity index (χ1n) is 14.7. The summed E-state index contributed by atoms with van der Waals surface area (Å²) < 4.78 is 0. The van der Waals surface area contributed by atoms with Gasteiger partial charge in [-0.25, -0.2) is 0 Å². The molecule has 5 heterocycles. The second-order valence-electron chi connectivity index (χ2n) is 11.6. The number of ketones is 1. The molecule has 0 aromatic carbocycles. The number of hydrogen-bond acceptors (Lipinski definition) is 3. The van der Waals surface area contributed by atoms with Crippen molar-refractivity contribution in [3.05, 3.63) is 83.6 Å². The van der Waals surface area contributed by atoms with Gasteiger partial charge in [0, 0.05) is 18.3 Å². The van der Waals surface area contributed by atoms with Crippen molar-refractivity contribution in [2.45, 2.75) is 80.1 Å². The number of aromatic nitrogens is 3. The van der Waals surface area contributed by atoms with E-state index in [1.165, 1.54) is 0 Å². The molecule has 2 aliphatic rings. The van der Waals surface area contributed by atoms with E-state index in [4.69, 9.17) is 20.3 Å². The van der Waals surface area contributed by atoms with Gasteiger partial charge in [-0.05, 0) is 53.4 Å². The normalized spacial score (nSPS) is 21.1. The molecule has 10 heteroatoms. The van der Waals surface area contributed by atoms with Crippen LogP contribution in [0.4, 0.5) is 0 Å². The number of Topliss-reactive ketones (excluding diaryl/α,β-unsaturated/α-hetero) is 1. The molecule has 1 fully saturated rings. The Kier molecular flexibility index (Phi) is 9.37. The van der Waals surface area contributed by atoms with Crippen LogP contribution in [0.15, 0.2) is 11.4 Å². The van der Waals surface area contributed by atoms with Crippen molar-refractivity contribution in [2.75, 3.05) is 0 Å². The third-order valence-electron chi connectivity index (χ3n) is 9.03. The molecule has 8 bridgehead atoms. The number of carboxylic acid groups (broad SMARTS) is 2. The fourth-order valence-electron chi connectivity index (χ4n) is 6.06. The molecule has 230 valence electrons. The zero-order valence-corrected chi connectivity index (χ0v) is 26.9. The average Bonchev–Trinajstić information content (AvgIpc) is 3.59. The Balaban J connectivity index is 0.00000442. The third kappa shape index (κ3) is 5.76. The number of fused-ring (bicyclic) bond motifs is 8. The van der Waals surface area contributed by atoms with Crippen LogP contribution in [0, 0.1) is 26.2 Å². The number of allylic oxidation sites excluding steroid dienone is 2. The summed E-state index contributed by atoms with van der Waals surface area (Å²) in [5.41, 5.74) is 8.06. The van der Waals surface area contributed by atoms with Crippen LogP contribution >= 0.6 is 0 Å². The van der Waals surface area contributed by atoms with Crippen molar-refractivity contribution in [1.29, 1.82) is 0 Å². The number of carboxylic acids is 2. The zero-order valence-electron chi connectivity index (χ0n) is 25.8. The molecule has 9 nitrogen and oxygen atoms in total. The minimum absolute atomic E-state index is 0. The molecule has 44 heavy (non-hydrogen) atoms. The Labute approximate surface area is 267 Å². The van der Waals surface area contributed by atoms with E-state index in [1.54, 1.807) is 6.08 Å². The molecule has 2 N–H and O–H groups in total. The standard InChI is InChI=1S/C34H39N4O5.Fe/c1-7-20-17(3)23-13-24-18(4)21(9-11-31(39)40)26(35-24)15-27-22(10-12-32(41)42)19(5)25(36-27)14-29-33(43)34(6,8-2)30(38-29)16-28(20)37-23;/h13-16H,7-12H2,1-6H3,(H5-,35,36,37,38,39,40,41,42,43);/q-1;+4/p-3/t34-;/m0./s1. The number of carbonyl (C=O) groups excluding carboxylic acids is 1. The maximum absolute atomic E-state index is 13.8. The topological polar surface area (TPSA) is 148 Å². The molecule has 0 saturated carbocycles. The van der Waals surface area contributed by atoms with Crippen LogP contribution in [0.5, 0.6) is 0 Å². The first kappa shape index (κ1) is 32.9. The van der Waals surface area contributed by atoms with Gasteiger partial charge in [0.2, 0.25) is 0 Å². The van der Waals surface area contributed by atoms with Crippen LogP contribution in [0.2, 0.25) is 0 Å². The van der Waals surface area contributed by atoms with Crippen LogP contribution < -0.4 is 25.7 Å². The number of rotatable bonds is 8. The summed E-state index contributed by atoms with van der Waals surface area (Å²) in [6, 6.07) is 0. The van der Waals surface area contributed by atoms with Gasteiger partial charge in [0.25, 0.3) is 0 Å². The first-order valence-corrected chi connectivity index (χ1v) is 14.7. The summed E-state index contributed by atoms with van der Waals surface area (Å²) in [7, 11) is 0. The van der Waals surface area contributed by atoms with E-state index in [2.05, 4.69) is 6.92 Å². The van der Waals surface area contributed by atoms with Gasteiger partial charge in [-0.2, -0.15) is 0 Å². The summed E-state index contributed by atoms with van der Waals surface area (Å²) in [4.78, 5) is 51.6. The monoisotopic (exact) mass is 636 g/mol. The second kappa shape index (κ2) is 12.5. The fraction of sp³-hybridized carbons (Fsp3) is 0.382. The smallest absolute Gasteiger partial charge is 0.658 e. The predicted octanol–water partition coefficient (Wildman–Crippen LogP) is 3.80. The van der Waals surface area contributed by atoms with Crippen LogP contribution in [0.1, 0.15) is 96.2 Å². The number of carbonyl (C=O) groups is 3. The van der Waals surface area contributed by atoms with Crippen molar-refractivity contribution >= 4 is 42.0 Å². The van der Waals surface area contributed by atoms with Crippen molar-refractivity contribution in [1.82, 2.24) is 15.0 Å². The minimum atomic E-state index is -0.927. The van der Waals surface area contributed by atoms with Gasteiger partial charge in [0.05, 0.1) is 0 Å². The molecule has 2 aliphatic heterocycles. The van der Waals surface area contributed by atoms with Crippen molar-refractivity contribution in [3.8, 4) is 0 Å². The Morgan fingerprint density at radius 2 is 1.27 bits per heavy atom. The molecule has 0 spiro atoms. The van der Waals surface area contributed by atoms with Crippen LogP contribution in [-0.2, 0) is 50.7 Å². The van der Waals surface area contributed by atoms with Crippen LogP contribution in [0.25, 0.3) is 29.6 Å². The number of aliphatic carboxylic acids is 2. The SMILES string of the molecule is CCc1c2[n-]c(c1C)/C=c1\[n-]/c(c(CCC(=O)O)c1C)=C\c1[n-]c(c(C)c1CCC(=O)O)/C=C1\[N-]/C(=C\2)[C@](C)(CC)C1=O.[Fe+4]. The van der Waals surface area contributed by atoms with Crippen molar-refractivity contribution in [3.63, 3.8) is 0 Å². The van der Waals surface area contributed by atoms with E-state index >= 15 is 0 Å².